The van der Waals surface area contributed by atoms with Crippen LogP contribution in [0.5, 0.6) is 5.75 Å². The molecule has 120 valence electrons. The first-order valence-electron chi connectivity index (χ1n) is 6.94. The highest BCUT2D eigenvalue weighted by atomic mass is 79.9. The van der Waals surface area contributed by atoms with E-state index in [-0.39, 0.29) is 12.5 Å². The van der Waals surface area contributed by atoms with Crippen molar-refractivity contribution in [2.24, 2.45) is 5.10 Å². The molecular formula is C17H16BrClN2O2. The van der Waals surface area contributed by atoms with E-state index in [1.54, 1.807) is 18.2 Å². The van der Waals surface area contributed by atoms with E-state index < -0.39 is 0 Å². The summed E-state index contributed by atoms with van der Waals surface area (Å²) in [5.74, 6) is 0.300. The lowest BCUT2D eigenvalue weighted by Crippen LogP contribution is -2.25. The van der Waals surface area contributed by atoms with Gasteiger partial charge in [0.25, 0.3) is 5.91 Å². The summed E-state index contributed by atoms with van der Waals surface area (Å²) in [6.45, 7) is 3.59. The van der Waals surface area contributed by atoms with Gasteiger partial charge < -0.3 is 4.74 Å². The standard InChI is InChI=1S/C17H16BrClN2O2/c1-11-9-15(19)7-8-16(11)23-10-17(22)21-20-12(2)13-3-5-14(18)6-4-13/h3-9H,10H2,1-2H3,(H,21,22). The number of amides is 1. The van der Waals surface area contributed by atoms with Crippen LogP contribution in [0.1, 0.15) is 18.1 Å². The maximum absolute atomic E-state index is 11.8. The number of carbonyl (C=O) groups excluding carboxylic acids is 1. The van der Waals surface area contributed by atoms with Gasteiger partial charge >= 0.3 is 0 Å². The van der Waals surface area contributed by atoms with Gasteiger partial charge in [0.2, 0.25) is 0 Å². The van der Waals surface area contributed by atoms with E-state index in [1.807, 2.05) is 38.1 Å². The molecule has 2 aromatic rings. The van der Waals surface area contributed by atoms with Gasteiger partial charge in [0.15, 0.2) is 6.61 Å². The number of hydrogen-bond donors (Lipinski definition) is 1. The van der Waals surface area contributed by atoms with Crippen molar-refractivity contribution < 1.29 is 9.53 Å². The quantitative estimate of drug-likeness (QED) is 0.605. The van der Waals surface area contributed by atoms with Gasteiger partial charge in [-0.3, -0.25) is 4.79 Å². The van der Waals surface area contributed by atoms with Gasteiger partial charge in [-0.1, -0.05) is 39.7 Å². The first kappa shape index (κ1) is 17.5. The molecule has 1 N–H and O–H groups in total. The summed E-state index contributed by atoms with van der Waals surface area (Å²) in [5, 5.41) is 4.71. The lowest BCUT2D eigenvalue weighted by Gasteiger charge is -2.08. The Hall–Kier alpha value is -1.85. The summed E-state index contributed by atoms with van der Waals surface area (Å²) in [6, 6.07) is 12.9. The Morgan fingerprint density at radius 3 is 2.61 bits per heavy atom. The Labute approximate surface area is 148 Å². The molecule has 0 aromatic heterocycles. The van der Waals surface area contributed by atoms with Gasteiger partial charge in [-0.25, -0.2) is 5.43 Å². The van der Waals surface area contributed by atoms with E-state index in [9.17, 15) is 4.79 Å². The van der Waals surface area contributed by atoms with Crippen LogP contribution in [0, 0.1) is 6.92 Å². The fraction of sp³-hybridized carbons (Fsp3) is 0.176. The number of carbonyl (C=O) groups is 1. The van der Waals surface area contributed by atoms with Crippen molar-refractivity contribution in [3.8, 4) is 5.75 Å². The van der Waals surface area contributed by atoms with Crippen molar-refractivity contribution in [2.45, 2.75) is 13.8 Å². The summed E-state index contributed by atoms with van der Waals surface area (Å²) in [5.41, 5.74) is 5.01. The van der Waals surface area contributed by atoms with Crippen LogP contribution in [0.2, 0.25) is 5.02 Å². The Bertz CT molecular complexity index is 730. The summed E-state index contributed by atoms with van der Waals surface area (Å²) in [4.78, 5) is 11.8. The van der Waals surface area contributed by atoms with Crippen molar-refractivity contribution >= 4 is 39.1 Å². The van der Waals surface area contributed by atoms with Crippen molar-refractivity contribution in [1.29, 1.82) is 0 Å². The van der Waals surface area contributed by atoms with E-state index in [0.29, 0.717) is 16.5 Å². The second-order valence-electron chi connectivity index (χ2n) is 4.94. The van der Waals surface area contributed by atoms with E-state index in [1.165, 1.54) is 0 Å². The molecule has 0 radical (unpaired) electrons. The third-order valence-corrected chi connectivity index (χ3v) is 3.87. The minimum absolute atomic E-state index is 0.112. The van der Waals surface area contributed by atoms with E-state index in [2.05, 4.69) is 26.5 Å². The lowest BCUT2D eigenvalue weighted by atomic mass is 10.1. The Morgan fingerprint density at radius 2 is 1.96 bits per heavy atom. The number of benzene rings is 2. The molecule has 1 amide bonds. The Kier molecular flexibility index (Phi) is 6.19. The normalized spacial score (nSPS) is 11.2. The number of halogens is 2. The molecule has 0 heterocycles. The number of aryl methyl sites for hydroxylation is 1. The number of nitrogens with zero attached hydrogens (tertiary/aromatic N) is 1. The first-order chi connectivity index (χ1) is 11.0. The number of hydrazone groups is 1. The molecule has 0 spiro atoms. The van der Waals surface area contributed by atoms with E-state index >= 15 is 0 Å². The lowest BCUT2D eigenvalue weighted by molar-refractivity contribution is -0.123. The summed E-state index contributed by atoms with van der Waals surface area (Å²) in [7, 11) is 0. The molecule has 0 bridgehead atoms. The second-order valence-corrected chi connectivity index (χ2v) is 6.29. The van der Waals surface area contributed by atoms with Crippen molar-refractivity contribution in [3.63, 3.8) is 0 Å². The largest absolute Gasteiger partial charge is 0.483 e. The fourth-order valence-electron chi connectivity index (χ4n) is 1.85. The zero-order valence-corrected chi connectivity index (χ0v) is 15.1. The number of nitrogens with one attached hydrogen (secondary N) is 1. The third-order valence-electron chi connectivity index (χ3n) is 3.11. The highest BCUT2D eigenvalue weighted by Gasteiger charge is 2.05. The van der Waals surface area contributed by atoms with Gasteiger partial charge in [0.1, 0.15) is 5.75 Å². The average molecular weight is 396 g/mol. The molecule has 0 aliphatic carbocycles. The van der Waals surface area contributed by atoms with Gasteiger partial charge in [-0.2, -0.15) is 5.10 Å². The van der Waals surface area contributed by atoms with E-state index in [4.69, 9.17) is 16.3 Å². The minimum Gasteiger partial charge on any atom is -0.483 e. The molecule has 0 aliphatic rings. The summed E-state index contributed by atoms with van der Waals surface area (Å²) in [6.07, 6.45) is 0. The third kappa shape index (κ3) is 5.37. The molecule has 23 heavy (non-hydrogen) atoms. The van der Waals surface area contributed by atoms with Crippen molar-refractivity contribution in [3.05, 3.63) is 63.1 Å². The van der Waals surface area contributed by atoms with Crippen LogP contribution in [-0.4, -0.2) is 18.2 Å². The molecule has 0 fully saturated rings. The molecule has 0 aliphatic heterocycles. The second kappa shape index (κ2) is 8.13. The van der Waals surface area contributed by atoms with Crippen LogP contribution in [0.15, 0.2) is 52.0 Å². The zero-order valence-electron chi connectivity index (χ0n) is 12.8. The van der Waals surface area contributed by atoms with Gasteiger partial charge in [-0.15, -0.1) is 0 Å². The Balaban J connectivity index is 1.89. The van der Waals surface area contributed by atoms with E-state index in [0.717, 1.165) is 15.6 Å². The van der Waals surface area contributed by atoms with Crippen LogP contribution < -0.4 is 10.2 Å². The molecule has 2 aromatic carbocycles. The number of rotatable bonds is 5. The van der Waals surface area contributed by atoms with Gasteiger partial charge in [-0.05, 0) is 55.3 Å². The first-order valence-corrected chi connectivity index (χ1v) is 8.11. The highest BCUT2D eigenvalue weighted by molar-refractivity contribution is 9.10. The molecule has 2 rings (SSSR count). The van der Waals surface area contributed by atoms with Crippen molar-refractivity contribution in [2.75, 3.05) is 6.61 Å². The molecule has 0 unspecified atom stereocenters. The fourth-order valence-corrected chi connectivity index (χ4v) is 2.34. The van der Waals surface area contributed by atoms with Gasteiger partial charge in [0.05, 0.1) is 5.71 Å². The topological polar surface area (TPSA) is 50.7 Å². The molecular weight excluding hydrogens is 380 g/mol. The molecule has 6 heteroatoms. The highest BCUT2D eigenvalue weighted by Crippen LogP contribution is 2.21. The summed E-state index contributed by atoms with van der Waals surface area (Å²) >= 11 is 9.25. The summed E-state index contributed by atoms with van der Waals surface area (Å²) < 4.78 is 6.45. The molecule has 0 saturated carbocycles. The Morgan fingerprint density at radius 1 is 1.26 bits per heavy atom. The molecule has 0 saturated heterocycles. The smallest absolute Gasteiger partial charge is 0.277 e. The number of ether oxygens (including phenoxy) is 1. The monoisotopic (exact) mass is 394 g/mol. The van der Waals surface area contributed by atoms with Crippen LogP contribution in [0.25, 0.3) is 0 Å². The van der Waals surface area contributed by atoms with Crippen LogP contribution in [0.3, 0.4) is 0 Å². The predicted octanol–water partition coefficient (Wildman–Crippen LogP) is 4.33. The minimum atomic E-state index is -0.323. The maximum atomic E-state index is 11.8. The number of hydrogen-bond acceptors (Lipinski definition) is 3. The average Bonchev–Trinajstić information content (AvgIpc) is 2.52. The van der Waals surface area contributed by atoms with Crippen LogP contribution in [-0.2, 0) is 4.79 Å². The predicted molar refractivity (Wildman–Crippen MR) is 96.2 cm³/mol. The molecule has 4 nitrogen and oxygen atoms in total. The zero-order chi connectivity index (χ0) is 16.8. The van der Waals surface area contributed by atoms with Crippen LogP contribution in [0.4, 0.5) is 0 Å². The maximum Gasteiger partial charge on any atom is 0.277 e. The SMILES string of the molecule is CC(=NNC(=O)COc1ccc(Cl)cc1C)c1ccc(Br)cc1. The van der Waals surface area contributed by atoms with Gasteiger partial charge in [0, 0.05) is 9.50 Å². The molecule has 0 atom stereocenters. The van der Waals surface area contributed by atoms with Crippen LogP contribution >= 0.6 is 27.5 Å². The van der Waals surface area contributed by atoms with Crippen molar-refractivity contribution in [1.82, 2.24) is 5.43 Å².